The Kier molecular flexibility index (Phi) is 2.63. The number of nitrogens with one attached hydrogen (secondary N) is 1. The van der Waals surface area contributed by atoms with Gasteiger partial charge in [0.05, 0.1) is 0 Å². The molecule has 1 saturated carbocycles. The van der Waals surface area contributed by atoms with Crippen molar-refractivity contribution in [3.8, 4) is 0 Å². The van der Waals surface area contributed by atoms with E-state index in [9.17, 15) is 13.2 Å². The molecule has 0 aliphatic heterocycles. The lowest BCUT2D eigenvalue weighted by Gasteiger charge is -2.50. The van der Waals surface area contributed by atoms with Gasteiger partial charge in [0.2, 0.25) is 0 Å². The van der Waals surface area contributed by atoms with Gasteiger partial charge >= 0.3 is 6.18 Å². The summed E-state index contributed by atoms with van der Waals surface area (Å²) in [7, 11) is 1.39. The molecule has 0 radical (unpaired) electrons. The van der Waals surface area contributed by atoms with Crippen molar-refractivity contribution in [2.24, 2.45) is 11.8 Å². The van der Waals surface area contributed by atoms with Crippen molar-refractivity contribution < 1.29 is 13.2 Å². The highest BCUT2D eigenvalue weighted by Crippen LogP contribution is 2.50. The van der Waals surface area contributed by atoms with Gasteiger partial charge in [0, 0.05) is 0 Å². The zero-order valence-corrected chi connectivity index (χ0v) is 8.20. The van der Waals surface area contributed by atoms with Crippen LogP contribution in [0.2, 0.25) is 0 Å². The second-order valence-electron chi connectivity index (χ2n) is 4.24. The van der Waals surface area contributed by atoms with E-state index in [1.165, 1.54) is 7.05 Å². The summed E-state index contributed by atoms with van der Waals surface area (Å²) in [5.41, 5.74) is -1.60. The van der Waals surface area contributed by atoms with Crippen LogP contribution in [0, 0.1) is 11.8 Å². The highest BCUT2D eigenvalue weighted by Gasteiger charge is 2.61. The molecule has 0 atom stereocenters. The number of halogens is 3. The fourth-order valence-corrected chi connectivity index (χ4v) is 1.88. The van der Waals surface area contributed by atoms with Gasteiger partial charge in [-0.15, -0.1) is 0 Å². The van der Waals surface area contributed by atoms with Crippen molar-refractivity contribution in [1.29, 1.82) is 0 Å². The Labute approximate surface area is 76.7 Å². The third kappa shape index (κ3) is 1.68. The summed E-state index contributed by atoms with van der Waals surface area (Å²) in [6.45, 7) is 3.95. The standard InChI is InChI=1S/C9H16F3N/c1-6(2)7-4-8(5-7,13-3)9(10,11)12/h6-7,13H,4-5H2,1-3H3. The van der Waals surface area contributed by atoms with Crippen LogP contribution in [0.4, 0.5) is 13.2 Å². The molecule has 0 heterocycles. The molecule has 13 heavy (non-hydrogen) atoms. The molecule has 1 nitrogen and oxygen atoms in total. The Morgan fingerprint density at radius 3 is 2.00 bits per heavy atom. The lowest BCUT2D eigenvalue weighted by Crippen LogP contribution is -2.64. The Morgan fingerprint density at radius 1 is 1.31 bits per heavy atom. The van der Waals surface area contributed by atoms with Crippen molar-refractivity contribution in [1.82, 2.24) is 5.32 Å². The maximum Gasteiger partial charge on any atom is 0.406 e. The molecule has 78 valence electrons. The van der Waals surface area contributed by atoms with E-state index >= 15 is 0 Å². The van der Waals surface area contributed by atoms with E-state index in [0.29, 0.717) is 5.92 Å². The number of rotatable bonds is 2. The Hall–Kier alpha value is -0.250. The molecule has 1 fully saturated rings. The first-order valence-corrected chi connectivity index (χ1v) is 4.58. The van der Waals surface area contributed by atoms with Crippen molar-refractivity contribution in [3.05, 3.63) is 0 Å². The van der Waals surface area contributed by atoms with Crippen molar-refractivity contribution in [2.75, 3.05) is 7.05 Å². The molecular weight excluding hydrogens is 179 g/mol. The highest BCUT2D eigenvalue weighted by atomic mass is 19.4. The lowest BCUT2D eigenvalue weighted by atomic mass is 9.63. The Morgan fingerprint density at radius 2 is 1.77 bits per heavy atom. The summed E-state index contributed by atoms with van der Waals surface area (Å²) in [5.74, 6) is 0.567. The van der Waals surface area contributed by atoms with Crippen LogP contribution in [-0.4, -0.2) is 18.8 Å². The molecule has 1 aliphatic rings. The minimum absolute atomic E-state index is 0.217. The minimum atomic E-state index is -4.10. The third-order valence-electron chi connectivity index (χ3n) is 3.19. The zero-order chi connectivity index (χ0) is 10.3. The van der Waals surface area contributed by atoms with E-state index in [1.54, 1.807) is 0 Å². The molecule has 0 aromatic rings. The van der Waals surface area contributed by atoms with Crippen LogP contribution in [0.15, 0.2) is 0 Å². The average molecular weight is 195 g/mol. The first kappa shape index (κ1) is 10.8. The molecule has 4 heteroatoms. The molecule has 1 rings (SSSR count). The Bertz CT molecular complexity index is 180. The molecule has 0 aromatic carbocycles. The molecule has 0 bridgehead atoms. The van der Waals surface area contributed by atoms with Crippen LogP contribution in [0.5, 0.6) is 0 Å². The van der Waals surface area contributed by atoms with E-state index < -0.39 is 11.7 Å². The first-order valence-electron chi connectivity index (χ1n) is 4.58. The SMILES string of the molecule is CNC1(C(F)(F)F)CC(C(C)C)C1. The van der Waals surface area contributed by atoms with Crippen LogP contribution < -0.4 is 5.32 Å². The molecule has 0 aromatic heterocycles. The van der Waals surface area contributed by atoms with E-state index in [0.717, 1.165) is 0 Å². The summed E-state index contributed by atoms with van der Waals surface area (Å²) < 4.78 is 37.6. The topological polar surface area (TPSA) is 12.0 Å². The molecule has 0 unspecified atom stereocenters. The van der Waals surface area contributed by atoms with E-state index in [1.807, 2.05) is 13.8 Å². The van der Waals surface area contributed by atoms with Crippen molar-refractivity contribution in [3.63, 3.8) is 0 Å². The van der Waals surface area contributed by atoms with Gasteiger partial charge in [-0.1, -0.05) is 13.8 Å². The van der Waals surface area contributed by atoms with Crippen LogP contribution in [0.3, 0.4) is 0 Å². The smallest absolute Gasteiger partial charge is 0.307 e. The van der Waals surface area contributed by atoms with Gasteiger partial charge in [-0.05, 0) is 31.7 Å². The third-order valence-corrected chi connectivity index (χ3v) is 3.19. The quantitative estimate of drug-likeness (QED) is 0.714. The summed E-state index contributed by atoms with van der Waals surface area (Å²) in [6.07, 6.45) is -3.65. The lowest BCUT2D eigenvalue weighted by molar-refractivity contribution is -0.232. The predicted octanol–water partition coefficient (Wildman–Crippen LogP) is 2.57. The second kappa shape index (κ2) is 3.15. The summed E-state index contributed by atoms with van der Waals surface area (Å²) >= 11 is 0. The number of alkyl halides is 3. The summed E-state index contributed by atoms with van der Waals surface area (Å²) in [5, 5.41) is 2.41. The second-order valence-corrected chi connectivity index (χ2v) is 4.24. The van der Waals surface area contributed by atoms with Crippen LogP contribution in [0.1, 0.15) is 26.7 Å². The van der Waals surface area contributed by atoms with Gasteiger partial charge in [-0.25, -0.2) is 0 Å². The molecule has 0 spiro atoms. The molecule has 1 N–H and O–H groups in total. The van der Waals surface area contributed by atoms with Crippen LogP contribution in [0.25, 0.3) is 0 Å². The zero-order valence-electron chi connectivity index (χ0n) is 8.20. The highest BCUT2D eigenvalue weighted by molar-refractivity contribution is 5.05. The van der Waals surface area contributed by atoms with Gasteiger partial charge in [0.15, 0.2) is 0 Å². The number of hydrogen-bond donors (Lipinski definition) is 1. The van der Waals surface area contributed by atoms with Crippen LogP contribution in [-0.2, 0) is 0 Å². The number of hydrogen-bond acceptors (Lipinski definition) is 1. The molecule has 1 aliphatic carbocycles. The Balaban J connectivity index is 2.61. The predicted molar refractivity (Wildman–Crippen MR) is 45.4 cm³/mol. The van der Waals surface area contributed by atoms with Crippen molar-refractivity contribution >= 4 is 0 Å². The fourth-order valence-electron chi connectivity index (χ4n) is 1.88. The van der Waals surface area contributed by atoms with Gasteiger partial charge in [-0.3, -0.25) is 0 Å². The summed E-state index contributed by atoms with van der Waals surface area (Å²) in [4.78, 5) is 0. The maximum absolute atomic E-state index is 12.5. The van der Waals surface area contributed by atoms with Gasteiger partial charge < -0.3 is 5.32 Å². The van der Waals surface area contributed by atoms with E-state index in [2.05, 4.69) is 5.32 Å². The van der Waals surface area contributed by atoms with Gasteiger partial charge in [0.25, 0.3) is 0 Å². The molecule has 0 amide bonds. The summed E-state index contributed by atoms with van der Waals surface area (Å²) in [6, 6.07) is 0. The van der Waals surface area contributed by atoms with Crippen LogP contribution >= 0.6 is 0 Å². The van der Waals surface area contributed by atoms with E-state index in [-0.39, 0.29) is 18.8 Å². The van der Waals surface area contributed by atoms with Crippen molar-refractivity contribution in [2.45, 2.75) is 38.4 Å². The molecular formula is C9H16F3N. The fraction of sp³-hybridized carbons (Fsp3) is 1.00. The molecule has 0 saturated heterocycles. The normalized spacial score (nSPS) is 34.8. The average Bonchev–Trinajstić information content (AvgIpc) is 1.81. The monoisotopic (exact) mass is 195 g/mol. The van der Waals surface area contributed by atoms with Gasteiger partial charge in [-0.2, -0.15) is 13.2 Å². The minimum Gasteiger partial charge on any atom is -0.307 e. The maximum atomic E-state index is 12.5. The largest absolute Gasteiger partial charge is 0.406 e. The van der Waals surface area contributed by atoms with E-state index in [4.69, 9.17) is 0 Å². The first-order chi connectivity index (χ1) is 5.82. The van der Waals surface area contributed by atoms with Gasteiger partial charge in [0.1, 0.15) is 5.54 Å².